The normalized spacial score (nSPS) is 11.2. The predicted molar refractivity (Wildman–Crippen MR) is 46.4 cm³/mol. The van der Waals surface area contributed by atoms with E-state index in [9.17, 15) is 0 Å². The van der Waals surface area contributed by atoms with Crippen molar-refractivity contribution in [1.82, 2.24) is 4.98 Å². The second-order valence-electron chi connectivity index (χ2n) is 3.52. The molecule has 1 heterocycles. The van der Waals surface area contributed by atoms with Gasteiger partial charge < -0.3 is 5.32 Å². The Hall–Kier alpha value is -1.05. The Bertz CT molecular complexity index is 211. The Morgan fingerprint density at radius 2 is 2.18 bits per heavy atom. The number of nitrogens with one attached hydrogen (secondary N) is 1. The van der Waals surface area contributed by atoms with E-state index >= 15 is 0 Å². The Balaban J connectivity index is 2.66. The molecular formula is C9H13N2. The van der Waals surface area contributed by atoms with E-state index in [4.69, 9.17) is 0 Å². The second kappa shape index (κ2) is 2.91. The molecule has 1 aromatic heterocycles. The molecule has 0 saturated heterocycles. The van der Waals surface area contributed by atoms with Crippen LogP contribution in [0.15, 0.2) is 18.3 Å². The van der Waals surface area contributed by atoms with E-state index in [-0.39, 0.29) is 5.54 Å². The van der Waals surface area contributed by atoms with Gasteiger partial charge in [0.05, 0.1) is 0 Å². The molecule has 2 heteroatoms. The standard InChI is InChI=1S/C9H13N2/c1-9(2,3)11-8-6-4-5-7-10-8/h5-7H,1-3H3,(H,10,11). The van der Waals surface area contributed by atoms with Crippen LogP contribution in [0.5, 0.6) is 0 Å². The molecule has 0 aliphatic carbocycles. The molecule has 0 aliphatic heterocycles. The molecule has 0 fully saturated rings. The van der Waals surface area contributed by atoms with Gasteiger partial charge in [-0.2, -0.15) is 0 Å². The van der Waals surface area contributed by atoms with Crippen LogP contribution >= 0.6 is 0 Å². The van der Waals surface area contributed by atoms with Crippen LogP contribution in [0.4, 0.5) is 5.82 Å². The lowest BCUT2D eigenvalue weighted by Gasteiger charge is -2.20. The molecule has 0 aromatic carbocycles. The summed E-state index contributed by atoms with van der Waals surface area (Å²) in [6.45, 7) is 6.30. The van der Waals surface area contributed by atoms with Crippen LogP contribution in [-0.4, -0.2) is 10.5 Å². The highest BCUT2D eigenvalue weighted by Gasteiger charge is 2.08. The van der Waals surface area contributed by atoms with Crippen molar-refractivity contribution in [3.8, 4) is 0 Å². The number of hydrogen-bond donors (Lipinski definition) is 1. The van der Waals surface area contributed by atoms with Gasteiger partial charge in [0.1, 0.15) is 5.82 Å². The highest BCUT2D eigenvalue weighted by Crippen LogP contribution is 2.09. The van der Waals surface area contributed by atoms with E-state index in [1.54, 1.807) is 12.3 Å². The molecule has 0 amide bonds. The first kappa shape index (κ1) is 8.05. The molecule has 1 N–H and O–H groups in total. The number of nitrogens with zero attached hydrogens (tertiary/aromatic N) is 1. The number of hydrogen-bond acceptors (Lipinski definition) is 2. The Morgan fingerprint density at radius 3 is 2.64 bits per heavy atom. The molecule has 1 aromatic rings. The number of anilines is 1. The van der Waals surface area contributed by atoms with E-state index in [0.717, 1.165) is 5.82 Å². The van der Waals surface area contributed by atoms with Gasteiger partial charge in [0.25, 0.3) is 0 Å². The molecule has 0 bridgehead atoms. The zero-order valence-corrected chi connectivity index (χ0v) is 7.18. The van der Waals surface area contributed by atoms with Crippen molar-refractivity contribution in [2.75, 3.05) is 5.32 Å². The first-order valence-corrected chi connectivity index (χ1v) is 3.68. The van der Waals surface area contributed by atoms with Gasteiger partial charge in [-0.3, -0.25) is 0 Å². The first-order chi connectivity index (χ1) is 5.08. The van der Waals surface area contributed by atoms with Crippen LogP contribution in [0.2, 0.25) is 0 Å². The maximum atomic E-state index is 4.12. The van der Waals surface area contributed by atoms with E-state index in [2.05, 4.69) is 37.1 Å². The van der Waals surface area contributed by atoms with Gasteiger partial charge in [-0.1, -0.05) is 0 Å². The molecular weight excluding hydrogens is 136 g/mol. The maximum Gasteiger partial charge on any atom is 0.126 e. The summed E-state index contributed by atoms with van der Waals surface area (Å²) in [5.74, 6) is 0.875. The Labute approximate surface area is 67.7 Å². The van der Waals surface area contributed by atoms with Crippen molar-refractivity contribution in [3.05, 3.63) is 24.4 Å². The lowest BCUT2D eigenvalue weighted by Crippen LogP contribution is -2.26. The highest BCUT2D eigenvalue weighted by atomic mass is 15.0. The molecule has 0 saturated carbocycles. The van der Waals surface area contributed by atoms with Gasteiger partial charge in [-0.25, -0.2) is 4.98 Å². The van der Waals surface area contributed by atoms with Crippen molar-refractivity contribution in [3.63, 3.8) is 0 Å². The first-order valence-electron chi connectivity index (χ1n) is 3.68. The fourth-order valence-electron chi connectivity index (χ4n) is 0.777. The topological polar surface area (TPSA) is 24.9 Å². The van der Waals surface area contributed by atoms with E-state index in [1.165, 1.54) is 0 Å². The number of pyridine rings is 1. The van der Waals surface area contributed by atoms with Gasteiger partial charge >= 0.3 is 0 Å². The summed E-state index contributed by atoms with van der Waals surface area (Å²) in [6, 6.07) is 6.58. The van der Waals surface area contributed by atoms with Crippen LogP contribution in [-0.2, 0) is 0 Å². The van der Waals surface area contributed by atoms with Crippen LogP contribution in [0, 0.1) is 6.07 Å². The van der Waals surface area contributed by atoms with E-state index < -0.39 is 0 Å². The smallest absolute Gasteiger partial charge is 0.126 e. The summed E-state index contributed by atoms with van der Waals surface area (Å²) in [5.41, 5.74) is 0.0716. The molecule has 0 spiro atoms. The van der Waals surface area contributed by atoms with Crippen molar-refractivity contribution < 1.29 is 0 Å². The third-order valence-electron chi connectivity index (χ3n) is 1.11. The summed E-state index contributed by atoms with van der Waals surface area (Å²) in [5, 5.41) is 3.24. The second-order valence-corrected chi connectivity index (χ2v) is 3.52. The third-order valence-corrected chi connectivity index (χ3v) is 1.11. The van der Waals surface area contributed by atoms with E-state index in [1.807, 2.05) is 6.07 Å². The zero-order chi connectivity index (χ0) is 8.32. The fourth-order valence-corrected chi connectivity index (χ4v) is 0.777. The molecule has 1 radical (unpaired) electrons. The average molecular weight is 149 g/mol. The molecule has 59 valence electrons. The number of aromatic nitrogens is 1. The molecule has 0 aliphatic rings. The monoisotopic (exact) mass is 149 g/mol. The minimum Gasteiger partial charge on any atom is -0.365 e. The predicted octanol–water partition coefficient (Wildman–Crippen LogP) is 2.09. The van der Waals surface area contributed by atoms with Crippen molar-refractivity contribution in [1.29, 1.82) is 0 Å². The van der Waals surface area contributed by atoms with Gasteiger partial charge in [0.2, 0.25) is 0 Å². The Kier molecular flexibility index (Phi) is 2.13. The summed E-state index contributed by atoms with van der Waals surface area (Å²) < 4.78 is 0. The fraction of sp³-hybridized carbons (Fsp3) is 0.444. The minimum atomic E-state index is 0.0716. The third kappa shape index (κ3) is 3.03. The van der Waals surface area contributed by atoms with Crippen LogP contribution < -0.4 is 5.32 Å². The lowest BCUT2D eigenvalue weighted by atomic mass is 10.1. The largest absolute Gasteiger partial charge is 0.365 e. The molecule has 11 heavy (non-hydrogen) atoms. The van der Waals surface area contributed by atoms with E-state index in [0.29, 0.717) is 0 Å². The summed E-state index contributed by atoms with van der Waals surface area (Å²) in [6.07, 6.45) is 1.73. The Morgan fingerprint density at radius 1 is 1.45 bits per heavy atom. The molecule has 1 rings (SSSR count). The lowest BCUT2D eigenvalue weighted by molar-refractivity contribution is 0.630. The van der Waals surface area contributed by atoms with Gasteiger partial charge in [-0.05, 0) is 39.0 Å². The van der Waals surface area contributed by atoms with Gasteiger partial charge in [-0.15, -0.1) is 0 Å². The van der Waals surface area contributed by atoms with Crippen molar-refractivity contribution in [2.45, 2.75) is 26.3 Å². The SMILES string of the molecule is CC(C)(C)Nc1c[c]ccn1. The average Bonchev–Trinajstić information content (AvgIpc) is 1.85. The quantitative estimate of drug-likeness (QED) is 0.661. The highest BCUT2D eigenvalue weighted by molar-refractivity contribution is 5.35. The summed E-state index contributed by atoms with van der Waals surface area (Å²) >= 11 is 0. The molecule has 0 unspecified atom stereocenters. The molecule has 2 nitrogen and oxygen atoms in total. The maximum absolute atomic E-state index is 4.12. The summed E-state index contributed by atoms with van der Waals surface area (Å²) in [4.78, 5) is 4.12. The van der Waals surface area contributed by atoms with Crippen LogP contribution in [0.25, 0.3) is 0 Å². The van der Waals surface area contributed by atoms with Gasteiger partial charge in [0.15, 0.2) is 0 Å². The van der Waals surface area contributed by atoms with Crippen LogP contribution in [0.1, 0.15) is 20.8 Å². The van der Waals surface area contributed by atoms with Crippen molar-refractivity contribution >= 4 is 5.82 Å². The number of rotatable bonds is 1. The van der Waals surface area contributed by atoms with Crippen LogP contribution in [0.3, 0.4) is 0 Å². The summed E-state index contributed by atoms with van der Waals surface area (Å²) in [7, 11) is 0. The van der Waals surface area contributed by atoms with Gasteiger partial charge in [0, 0.05) is 11.7 Å². The zero-order valence-electron chi connectivity index (χ0n) is 7.18. The van der Waals surface area contributed by atoms with Crippen molar-refractivity contribution in [2.24, 2.45) is 0 Å². The molecule has 0 atom stereocenters. The minimum absolute atomic E-state index is 0.0716.